The Labute approximate surface area is 41.8 Å². The van der Waals surface area contributed by atoms with Crippen LogP contribution in [-0.4, -0.2) is 12.5 Å². The van der Waals surface area contributed by atoms with Crippen LogP contribution in [0.2, 0.25) is 0 Å². The minimum absolute atomic E-state index is 0.0417. The molecule has 7 heavy (non-hydrogen) atoms. The van der Waals surface area contributed by atoms with Crippen LogP contribution in [0.15, 0.2) is 0 Å². The molecular weight excluding hydrogens is 94.0 g/mol. The summed E-state index contributed by atoms with van der Waals surface area (Å²) in [4.78, 5) is 15.1. The minimum Gasteiger partial charge on any atom is -0.257 e. The van der Waals surface area contributed by atoms with E-state index in [9.17, 15) is 4.79 Å². The van der Waals surface area contributed by atoms with Crippen molar-refractivity contribution < 1.29 is 14.7 Å². The molecule has 0 aromatic heterocycles. The molecule has 3 heteroatoms. The van der Waals surface area contributed by atoms with Crippen molar-refractivity contribution in [3.05, 3.63) is 7.05 Å². The van der Waals surface area contributed by atoms with Gasteiger partial charge in [-0.3, -0.25) is 5.06 Å². The highest BCUT2D eigenvalue weighted by Crippen LogP contribution is 1.81. The van der Waals surface area contributed by atoms with Crippen LogP contribution in [0, 0.1) is 7.05 Å². The maximum atomic E-state index is 10.3. The van der Waals surface area contributed by atoms with E-state index in [-0.39, 0.29) is 5.91 Å². The maximum Gasteiger partial charge on any atom is 0.319 e. The Morgan fingerprint density at radius 2 is 2.57 bits per heavy atom. The zero-order valence-electron chi connectivity index (χ0n) is 3.94. The number of rotatable bonds is 0. The molecule has 0 aromatic rings. The van der Waals surface area contributed by atoms with E-state index < -0.39 is 0 Å². The van der Waals surface area contributed by atoms with Crippen molar-refractivity contribution in [2.75, 3.05) is 6.61 Å². The molecule has 0 aromatic carbocycles. The monoisotopic (exact) mass is 101 g/mol. The van der Waals surface area contributed by atoms with Gasteiger partial charge in [-0.25, -0.2) is 9.63 Å². The summed E-state index contributed by atoms with van der Waals surface area (Å²) in [6, 6.07) is 0. The summed E-state index contributed by atoms with van der Waals surface area (Å²) in [5.74, 6) is 0.0417. The second kappa shape index (κ2) is 1.60. The second-order valence-electron chi connectivity index (χ2n) is 1.44. The molecule has 0 radical (unpaired) electrons. The van der Waals surface area contributed by atoms with Gasteiger partial charge in [0, 0.05) is 0 Å². The zero-order valence-corrected chi connectivity index (χ0v) is 3.94. The Balaban J connectivity index is 2.48. The Morgan fingerprint density at radius 3 is 2.71 bits per heavy atom. The molecule has 0 aliphatic carbocycles. The van der Waals surface area contributed by atoms with Gasteiger partial charge in [0.05, 0.1) is 6.42 Å². The average molecular weight is 101 g/mol. The van der Waals surface area contributed by atoms with E-state index in [1.165, 1.54) is 0 Å². The number of hydroxylamine groups is 2. The quantitative estimate of drug-likeness (QED) is 0.377. The van der Waals surface area contributed by atoms with Crippen LogP contribution in [0.1, 0.15) is 6.42 Å². The van der Waals surface area contributed by atoms with Crippen LogP contribution in [0.3, 0.4) is 0 Å². The number of nitrogens with one attached hydrogen (secondary N) is 1. The molecule has 1 heterocycles. The van der Waals surface area contributed by atoms with E-state index in [0.717, 1.165) is 0 Å². The van der Waals surface area contributed by atoms with Crippen LogP contribution >= 0.6 is 0 Å². The summed E-state index contributed by atoms with van der Waals surface area (Å²) in [7, 11) is 3.36. The van der Waals surface area contributed by atoms with Crippen molar-refractivity contribution in [3.8, 4) is 0 Å². The molecule has 0 bridgehead atoms. The molecule has 1 aliphatic heterocycles. The zero-order chi connectivity index (χ0) is 5.28. The first-order valence-corrected chi connectivity index (χ1v) is 2.15. The molecule has 3 nitrogen and oxygen atoms in total. The number of hydrogen-bond donors (Lipinski definition) is 1. The molecule has 1 unspecified atom stereocenters. The third kappa shape index (κ3) is 0.783. The maximum absolute atomic E-state index is 10.3. The lowest BCUT2D eigenvalue weighted by molar-refractivity contribution is -0.977. The normalized spacial score (nSPS) is 31.6. The highest BCUT2D eigenvalue weighted by atomic mass is 16.7. The van der Waals surface area contributed by atoms with E-state index in [1.54, 1.807) is 0 Å². The van der Waals surface area contributed by atoms with Crippen molar-refractivity contribution in [2.45, 2.75) is 6.42 Å². The third-order valence-electron chi connectivity index (χ3n) is 0.916. The Hall–Kier alpha value is -0.410. The molecule has 0 spiro atoms. The van der Waals surface area contributed by atoms with Gasteiger partial charge in [-0.05, 0) is 0 Å². The lowest BCUT2D eigenvalue weighted by Gasteiger charge is -2.03. The van der Waals surface area contributed by atoms with Gasteiger partial charge in [0.2, 0.25) is 0 Å². The van der Waals surface area contributed by atoms with Crippen LogP contribution < -0.4 is 5.06 Å². The molecule has 0 saturated carbocycles. The minimum atomic E-state index is 0.0417. The van der Waals surface area contributed by atoms with E-state index in [1.807, 2.05) is 0 Å². The summed E-state index contributed by atoms with van der Waals surface area (Å²) >= 11 is 0. The topological polar surface area (TPSA) is 30.7 Å². The van der Waals surface area contributed by atoms with E-state index in [0.29, 0.717) is 18.1 Å². The molecule has 1 amide bonds. The number of carbonyl (C=O) groups is 1. The fraction of sp³-hybridized carbons (Fsp3) is 0.500. The van der Waals surface area contributed by atoms with E-state index in [2.05, 4.69) is 7.05 Å². The van der Waals surface area contributed by atoms with Gasteiger partial charge < -0.3 is 0 Å². The highest BCUT2D eigenvalue weighted by molar-refractivity contribution is 5.67. The number of quaternary nitrogens is 1. The Kier molecular flexibility index (Phi) is 1.08. The fourth-order valence-electron chi connectivity index (χ4n) is 0.487. The molecule has 1 rings (SSSR count). The van der Waals surface area contributed by atoms with Gasteiger partial charge in [-0.15, -0.1) is 7.05 Å². The van der Waals surface area contributed by atoms with E-state index in [4.69, 9.17) is 4.84 Å². The van der Waals surface area contributed by atoms with Gasteiger partial charge >= 0.3 is 5.91 Å². The van der Waals surface area contributed by atoms with Crippen molar-refractivity contribution in [1.82, 2.24) is 0 Å². The Morgan fingerprint density at radius 1 is 1.86 bits per heavy atom. The summed E-state index contributed by atoms with van der Waals surface area (Å²) in [5.41, 5.74) is 0. The van der Waals surface area contributed by atoms with Crippen LogP contribution in [0.4, 0.5) is 0 Å². The number of amides is 1. The van der Waals surface area contributed by atoms with Crippen molar-refractivity contribution >= 4 is 5.91 Å². The largest absolute Gasteiger partial charge is 0.319 e. The van der Waals surface area contributed by atoms with Crippen LogP contribution in [-0.2, 0) is 9.63 Å². The summed E-state index contributed by atoms with van der Waals surface area (Å²) in [6.45, 7) is 0.525. The highest BCUT2D eigenvalue weighted by Gasteiger charge is 2.18. The molecular formula is C4H7NO2. The molecule has 1 aliphatic rings. The SMILES string of the molecule is [CH2-][NH+]1OCCC1=O. The third-order valence-corrected chi connectivity index (χ3v) is 0.916. The van der Waals surface area contributed by atoms with Crippen molar-refractivity contribution in [1.29, 1.82) is 0 Å². The number of hydrogen-bond acceptors (Lipinski definition) is 2. The van der Waals surface area contributed by atoms with Crippen LogP contribution in [0.25, 0.3) is 0 Å². The Bertz CT molecular complexity index is 91.7. The lowest BCUT2D eigenvalue weighted by atomic mass is 10.5. The molecule has 1 atom stereocenters. The molecule has 1 N–H and O–H groups in total. The summed E-state index contributed by atoms with van der Waals surface area (Å²) < 4.78 is 0. The fourth-order valence-corrected chi connectivity index (χ4v) is 0.487. The van der Waals surface area contributed by atoms with Gasteiger partial charge in [0.25, 0.3) is 0 Å². The molecule has 1 fully saturated rings. The van der Waals surface area contributed by atoms with Crippen molar-refractivity contribution in [3.63, 3.8) is 0 Å². The molecule has 40 valence electrons. The second-order valence-corrected chi connectivity index (χ2v) is 1.44. The first kappa shape index (κ1) is 4.74. The van der Waals surface area contributed by atoms with Crippen molar-refractivity contribution in [2.24, 2.45) is 0 Å². The summed E-state index contributed by atoms with van der Waals surface area (Å²) in [5, 5.41) is 0.319. The predicted octanol–water partition coefficient (Wildman–Crippen LogP) is -1.48. The van der Waals surface area contributed by atoms with Gasteiger partial charge in [0.15, 0.2) is 0 Å². The smallest absolute Gasteiger partial charge is 0.257 e. The van der Waals surface area contributed by atoms with E-state index >= 15 is 0 Å². The lowest BCUT2D eigenvalue weighted by Crippen LogP contribution is -3.06. The number of carbonyl (C=O) groups excluding carboxylic acids is 1. The standard InChI is InChI=1S/C4H7NO2/c1-5-4(6)2-3-7-5/h5H,1-3H2. The summed E-state index contributed by atoms with van der Waals surface area (Å²) in [6.07, 6.45) is 0.513. The average Bonchev–Trinajstić information content (AvgIpc) is 1.91. The van der Waals surface area contributed by atoms with Gasteiger partial charge in [-0.1, -0.05) is 0 Å². The first-order chi connectivity index (χ1) is 3.30. The predicted molar refractivity (Wildman–Crippen MR) is 21.9 cm³/mol. The first-order valence-electron chi connectivity index (χ1n) is 2.15. The van der Waals surface area contributed by atoms with Crippen LogP contribution in [0.5, 0.6) is 0 Å². The van der Waals surface area contributed by atoms with Gasteiger partial charge in [0.1, 0.15) is 6.61 Å². The van der Waals surface area contributed by atoms with Gasteiger partial charge in [-0.2, -0.15) is 0 Å². The molecule has 1 saturated heterocycles.